The molecule has 0 bridgehead atoms. The highest BCUT2D eigenvalue weighted by molar-refractivity contribution is 5.91. The molecule has 0 heterocycles. The summed E-state index contributed by atoms with van der Waals surface area (Å²) >= 11 is 0. The van der Waals surface area contributed by atoms with Crippen LogP contribution in [0.3, 0.4) is 0 Å². The lowest BCUT2D eigenvalue weighted by Crippen LogP contribution is -2.36. The first-order valence-corrected chi connectivity index (χ1v) is 8.00. The third-order valence-corrected chi connectivity index (χ3v) is 3.38. The van der Waals surface area contributed by atoms with Crippen molar-refractivity contribution in [2.24, 2.45) is 5.41 Å². The van der Waals surface area contributed by atoms with Crippen LogP contribution in [0.4, 0.5) is 5.69 Å². The van der Waals surface area contributed by atoms with Crippen LogP contribution in [0, 0.1) is 5.41 Å². The van der Waals surface area contributed by atoms with Crippen LogP contribution in [0.25, 0.3) is 0 Å². The SMILES string of the molecule is CCCCc1ccc(NC(=O)CCNC(=O)C(C)(C)C)cc1. The van der Waals surface area contributed by atoms with Gasteiger partial charge in [0, 0.05) is 24.1 Å². The average Bonchev–Trinajstić information content (AvgIpc) is 2.45. The van der Waals surface area contributed by atoms with Crippen molar-refractivity contribution in [3.05, 3.63) is 29.8 Å². The second-order valence-corrected chi connectivity index (χ2v) is 6.60. The Morgan fingerprint density at radius 1 is 1.09 bits per heavy atom. The van der Waals surface area contributed by atoms with Crippen LogP contribution in [0.1, 0.15) is 52.5 Å². The molecule has 0 spiro atoms. The maximum absolute atomic E-state index is 11.8. The molecule has 0 atom stereocenters. The molecule has 1 aromatic rings. The van der Waals surface area contributed by atoms with E-state index < -0.39 is 5.41 Å². The molecular weight excluding hydrogens is 276 g/mol. The molecule has 0 unspecified atom stereocenters. The van der Waals surface area contributed by atoms with E-state index in [1.54, 1.807) is 0 Å². The number of aryl methyl sites for hydroxylation is 1. The van der Waals surface area contributed by atoms with Crippen molar-refractivity contribution >= 4 is 17.5 Å². The van der Waals surface area contributed by atoms with Crippen LogP contribution in [0.5, 0.6) is 0 Å². The summed E-state index contributed by atoms with van der Waals surface area (Å²) in [5.74, 6) is -0.129. The van der Waals surface area contributed by atoms with Gasteiger partial charge in [0.1, 0.15) is 0 Å². The van der Waals surface area contributed by atoms with Gasteiger partial charge in [-0.2, -0.15) is 0 Å². The third kappa shape index (κ3) is 6.74. The number of anilines is 1. The number of hydrogen-bond donors (Lipinski definition) is 2. The van der Waals surface area contributed by atoms with E-state index in [1.807, 2.05) is 45.0 Å². The maximum Gasteiger partial charge on any atom is 0.226 e. The minimum absolute atomic E-state index is 0.0411. The molecule has 1 rings (SSSR count). The van der Waals surface area contributed by atoms with E-state index in [1.165, 1.54) is 18.4 Å². The number of rotatable bonds is 7. The molecule has 0 aliphatic rings. The van der Waals surface area contributed by atoms with Gasteiger partial charge in [-0.1, -0.05) is 46.2 Å². The van der Waals surface area contributed by atoms with Crippen LogP contribution in [0.15, 0.2) is 24.3 Å². The normalized spacial score (nSPS) is 11.1. The Kier molecular flexibility index (Phi) is 7.09. The zero-order valence-corrected chi connectivity index (χ0v) is 14.2. The third-order valence-electron chi connectivity index (χ3n) is 3.38. The Hall–Kier alpha value is -1.84. The summed E-state index contributed by atoms with van der Waals surface area (Å²) < 4.78 is 0. The number of hydrogen-bond acceptors (Lipinski definition) is 2. The molecule has 2 amide bonds. The van der Waals surface area contributed by atoms with Gasteiger partial charge in [-0.25, -0.2) is 0 Å². The number of nitrogens with one attached hydrogen (secondary N) is 2. The second kappa shape index (κ2) is 8.57. The van der Waals surface area contributed by atoms with Gasteiger partial charge < -0.3 is 10.6 Å². The van der Waals surface area contributed by atoms with Crippen molar-refractivity contribution in [2.45, 2.75) is 53.4 Å². The van der Waals surface area contributed by atoms with Crippen molar-refractivity contribution in [1.82, 2.24) is 5.32 Å². The standard InChI is InChI=1S/C18H28N2O2/c1-5-6-7-14-8-10-15(11-9-14)20-16(21)12-13-19-17(22)18(2,3)4/h8-11H,5-7,12-13H2,1-4H3,(H,19,22)(H,20,21). The van der Waals surface area contributed by atoms with Crippen LogP contribution >= 0.6 is 0 Å². The van der Waals surface area contributed by atoms with E-state index in [9.17, 15) is 9.59 Å². The Balaban J connectivity index is 2.34. The number of carbonyl (C=O) groups excluding carboxylic acids is 2. The van der Waals surface area contributed by atoms with E-state index in [-0.39, 0.29) is 18.2 Å². The van der Waals surface area contributed by atoms with E-state index in [4.69, 9.17) is 0 Å². The van der Waals surface area contributed by atoms with Crippen molar-refractivity contribution in [2.75, 3.05) is 11.9 Å². The Morgan fingerprint density at radius 2 is 1.73 bits per heavy atom. The smallest absolute Gasteiger partial charge is 0.226 e. The molecule has 0 aromatic heterocycles. The molecule has 122 valence electrons. The minimum atomic E-state index is -0.426. The largest absolute Gasteiger partial charge is 0.355 e. The molecule has 2 N–H and O–H groups in total. The average molecular weight is 304 g/mol. The molecule has 0 aliphatic carbocycles. The summed E-state index contributed by atoms with van der Waals surface area (Å²) in [7, 11) is 0. The fourth-order valence-electron chi connectivity index (χ4n) is 1.91. The van der Waals surface area contributed by atoms with E-state index in [0.717, 1.165) is 12.1 Å². The molecule has 0 aliphatic heterocycles. The molecular formula is C18H28N2O2. The molecule has 4 heteroatoms. The fraction of sp³-hybridized carbons (Fsp3) is 0.556. The van der Waals surface area contributed by atoms with Gasteiger partial charge in [-0.05, 0) is 30.5 Å². The molecule has 4 nitrogen and oxygen atoms in total. The van der Waals surface area contributed by atoms with Crippen LogP contribution in [-0.4, -0.2) is 18.4 Å². The summed E-state index contributed by atoms with van der Waals surface area (Å²) in [4.78, 5) is 23.5. The van der Waals surface area contributed by atoms with Crippen LogP contribution < -0.4 is 10.6 Å². The van der Waals surface area contributed by atoms with Crippen molar-refractivity contribution in [3.63, 3.8) is 0 Å². The van der Waals surface area contributed by atoms with E-state index in [2.05, 4.69) is 17.6 Å². The Labute approximate surface area is 133 Å². The first-order chi connectivity index (χ1) is 10.3. The van der Waals surface area contributed by atoms with Gasteiger partial charge in [-0.3, -0.25) is 9.59 Å². The molecule has 0 saturated heterocycles. The number of carbonyl (C=O) groups is 2. The van der Waals surface area contributed by atoms with Crippen molar-refractivity contribution in [1.29, 1.82) is 0 Å². The lowest BCUT2D eigenvalue weighted by molar-refractivity contribution is -0.128. The highest BCUT2D eigenvalue weighted by atomic mass is 16.2. The van der Waals surface area contributed by atoms with E-state index >= 15 is 0 Å². The van der Waals surface area contributed by atoms with E-state index in [0.29, 0.717) is 6.54 Å². The predicted octanol–water partition coefficient (Wildman–Crippen LogP) is 3.52. The Bertz CT molecular complexity index is 487. The van der Waals surface area contributed by atoms with Crippen molar-refractivity contribution < 1.29 is 9.59 Å². The topological polar surface area (TPSA) is 58.2 Å². The maximum atomic E-state index is 11.8. The minimum Gasteiger partial charge on any atom is -0.355 e. The highest BCUT2D eigenvalue weighted by Gasteiger charge is 2.20. The molecule has 22 heavy (non-hydrogen) atoms. The summed E-state index contributed by atoms with van der Waals surface area (Å²) in [6.45, 7) is 8.08. The van der Waals surface area contributed by atoms with Gasteiger partial charge in [0.25, 0.3) is 0 Å². The van der Waals surface area contributed by atoms with Crippen LogP contribution in [0.2, 0.25) is 0 Å². The first kappa shape index (κ1) is 18.2. The quantitative estimate of drug-likeness (QED) is 0.809. The summed E-state index contributed by atoms with van der Waals surface area (Å²) in [5, 5.41) is 5.62. The zero-order valence-electron chi connectivity index (χ0n) is 14.2. The summed E-state index contributed by atoms with van der Waals surface area (Å²) in [6, 6.07) is 7.95. The number of amides is 2. The molecule has 0 saturated carbocycles. The molecule has 0 radical (unpaired) electrons. The predicted molar refractivity (Wildman–Crippen MR) is 90.8 cm³/mol. The summed E-state index contributed by atoms with van der Waals surface area (Å²) in [5.41, 5.74) is 1.66. The Morgan fingerprint density at radius 3 is 2.27 bits per heavy atom. The highest BCUT2D eigenvalue weighted by Crippen LogP contribution is 2.13. The van der Waals surface area contributed by atoms with Crippen molar-refractivity contribution in [3.8, 4) is 0 Å². The lowest BCUT2D eigenvalue weighted by atomic mass is 9.96. The molecule has 0 fully saturated rings. The first-order valence-electron chi connectivity index (χ1n) is 8.00. The second-order valence-electron chi connectivity index (χ2n) is 6.60. The van der Waals surface area contributed by atoms with Gasteiger partial charge >= 0.3 is 0 Å². The zero-order chi connectivity index (χ0) is 16.6. The van der Waals surface area contributed by atoms with Gasteiger partial charge in [0.2, 0.25) is 11.8 Å². The van der Waals surface area contributed by atoms with Gasteiger partial charge in [0.15, 0.2) is 0 Å². The van der Waals surface area contributed by atoms with Crippen LogP contribution in [-0.2, 0) is 16.0 Å². The number of benzene rings is 1. The fourth-order valence-corrected chi connectivity index (χ4v) is 1.91. The molecule has 1 aromatic carbocycles. The summed E-state index contributed by atoms with van der Waals surface area (Å²) in [6.07, 6.45) is 3.71. The van der Waals surface area contributed by atoms with Gasteiger partial charge in [-0.15, -0.1) is 0 Å². The lowest BCUT2D eigenvalue weighted by Gasteiger charge is -2.17. The number of unbranched alkanes of at least 4 members (excludes halogenated alkanes) is 1. The van der Waals surface area contributed by atoms with Gasteiger partial charge in [0.05, 0.1) is 0 Å². The monoisotopic (exact) mass is 304 g/mol.